The van der Waals surface area contributed by atoms with E-state index in [1.165, 1.54) is 7.11 Å². The summed E-state index contributed by atoms with van der Waals surface area (Å²) in [5, 5.41) is 12.7. The lowest BCUT2D eigenvalue weighted by Gasteiger charge is -2.55. The van der Waals surface area contributed by atoms with Crippen LogP contribution in [0.3, 0.4) is 0 Å². The molecule has 2 aliphatic heterocycles. The standard InChI is InChI=1S/C18H19N3O3S/c1-11-4-6-12(7-5-11)13-17(8-19)9-21(2)10-18(13,16(23)24-3)14(22)20-15(17)25/h4-7,13H,9-10H2,1-3H3,(H,20,22,25). The molecule has 3 atom stereocenters. The molecular weight excluding hydrogens is 338 g/mol. The van der Waals surface area contributed by atoms with Crippen molar-refractivity contribution < 1.29 is 14.3 Å². The second-order valence-electron chi connectivity index (χ2n) is 6.85. The number of likely N-dealkylation sites (tertiary alicyclic amines) is 1. The number of hydrogen-bond donors (Lipinski definition) is 1. The number of ether oxygens (including phenoxy) is 1. The highest BCUT2D eigenvalue weighted by molar-refractivity contribution is 7.80. The van der Waals surface area contributed by atoms with Crippen LogP contribution in [0.1, 0.15) is 17.0 Å². The van der Waals surface area contributed by atoms with Gasteiger partial charge in [-0.05, 0) is 19.5 Å². The van der Waals surface area contributed by atoms with E-state index in [2.05, 4.69) is 11.4 Å². The molecule has 0 saturated carbocycles. The molecule has 25 heavy (non-hydrogen) atoms. The zero-order chi connectivity index (χ0) is 18.4. The molecule has 1 amide bonds. The van der Waals surface area contributed by atoms with E-state index in [0.717, 1.165) is 11.1 Å². The SMILES string of the molecule is COC(=O)C12CN(C)CC(C#N)(C(=S)NC1=O)C2c1ccc(C)cc1. The van der Waals surface area contributed by atoms with Crippen LogP contribution >= 0.6 is 12.2 Å². The molecule has 1 aromatic rings. The Morgan fingerprint density at radius 2 is 2.04 bits per heavy atom. The van der Waals surface area contributed by atoms with Crippen molar-refractivity contribution in [3.05, 3.63) is 35.4 Å². The van der Waals surface area contributed by atoms with Crippen molar-refractivity contribution in [2.75, 3.05) is 27.2 Å². The number of nitrogens with zero attached hydrogens (tertiary/aromatic N) is 2. The Hall–Kier alpha value is -2.30. The molecule has 0 radical (unpaired) electrons. The average molecular weight is 357 g/mol. The van der Waals surface area contributed by atoms with E-state index < -0.39 is 28.6 Å². The molecule has 3 unspecified atom stereocenters. The summed E-state index contributed by atoms with van der Waals surface area (Å²) < 4.78 is 5.01. The summed E-state index contributed by atoms with van der Waals surface area (Å²) in [5.41, 5.74) is -0.913. The van der Waals surface area contributed by atoms with Crippen LogP contribution in [0.4, 0.5) is 0 Å². The largest absolute Gasteiger partial charge is 0.468 e. The first-order valence-electron chi connectivity index (χ1n) is 7.92. The number of fused-ring (bicyclic) bond motifs is 2. The third-order valence-electron chi connectivity index (χ3n) is 5.22. The minimum absolute atomic E-state index is 0.163. The van der Waals surface area contributed by atoms with E-state index in [-0.39, 0.29) is 11.5 Å². The molecular formula is C18H19N3O3S. The van der Waals surface area contributed by atoms with Crippen LogP contribution in [-0.2, 0) is 14.3 Å². The third-order valence-corrected chi connectivity index (χ3v) is 5.69. The van der Waals surface area contributed by atoms with Crippen LogP contribution in [0.5, 0.6) is 0 Å². The number of aryl methyl sites for hydroxylation is 1. The van der Waals surface area contributed by atoms with Crippen molar-refractivity contribution in [3.8, 4) is 6.07 Å². The Kier molecular flexibility index (Phi) is 4.13. The summed E-state index contributed by atoms with van der Waals surface area (Å²) in [5.74, 6) is -1.85. The quantitative estimate of drug-likeness (QED) is 0.486. The fourth-order valence-electron chi connectivity index (χ4n) is 4.18. The third kappa shape index (κ3) is 2.29. The molecule has 0 aliphatic carbocycles. The Labute approximate surface area is 151 Å². The van der Waals surface area contributed by atoms with Gasteiger partial charge in [0.25, 0.3) is 0 Å². The van der Waals surface area contributed by atoms with Gasteiger partial charge in [0.05, 0.1) is 13.2 Å². The fourth-order valence-corrected chi connectivity index (χ4v) is 4.50. The molecule has 130 valence electrons. The second-order valence-corrected chi connectivity index (χ2v) is 7.25. The molecule has 2 bridgehead atoms. The lowest BCUT2D eigenvalue weighted by molar-refractivity contribution is -0.168. The normalized spacial score (nSPS) is 31.8. The Bertz CT molecular complexity index is 801. The number of nitrogens with one attached hydrogen (secondary N) is 1. The first-order valence-corrected chi connectivity index (χ1v) is 8.33. The van der Waals surface area contributed by atoms with Gasteiger partial charge in [-0.1, -0.05) is 42.0 Å². The number of rotatable bonds is 2. The molecule has 3 rings (SSSR count). The van der Waals surface area contributed by atoms with Gasteiger partial charge in [0, 0.05) is 19.0 Å². The van der Waals surface area contributed by atoms with E-state index in [1.54, 1.807) is 11.9 Å². The maximum absolute atomic E-state index is 13.0. The smallest absolute Gasteiger partial charge is 0.323 e. The second kappa shape index (κ2) is 5.90. The van der Waals surface area contributed by atoms with Gasteiger partial charge in [-0.15, -0.1) is 0 Å². The van der Waals surface area contributed by atoms with Crippen molar-refractivity contribution in [1.29, 1.82) is 5.26 Å². The average Bonchev–Trinajstić information content (AvgIpc) is 2.59. The minimum Gasteiger partial charge on any atom is -0.468 e. The predicted molar refractivity (Wildman–Crippen MR) is 94.7 cm³/mol. The maximum Gasteiger partial charge on any atom is 0.323 e. The monoisotopic (exact) mass is 357 g/mol. The van der Waals surface area contributed by atoms with Crippen molar-refractivity contribution >= 4 is 29.1 Å². The van der Waals surface area contributed by atoms with Crippen LogP contribution < -0.4 is 5.32 Å². The molecule has 0 aromatic heterocycles. The van der Waals surface area contributed by atoms with E-state index >= 15 is 0 Å². The number of nitriles is 1. The molecule has 1 N–H and O–H groups in total. The lowest BCUT2D eigenvalue weighted by atomic mass is 9.54. The number of benzene rings is 1. The van der Waals surface area contributed by atoms with E-state index in [1.807, 2.05) is 31.2 Å². The number of esters is 1. The minimum atomic E-state index is -1.52. The first kappa shape index (κ1) is 17.5. The highest BCUT2D eigenvalue weighted by atomic mass is 32.1. The van der Waals surface area contributed by atoms with Gasteiger partial charge in [-0.3, -0.25) is 9.59 Å². The van der Waals surface area contributed by atoms with Crippen LogP contribution in [0.25, 0.3) is 0 Å². The number of amides is 1. The first-order chi connectivity index (χ1) is 11.8. The van der Waals surface area contributed by atoms with Gasteiger partial charge in [-0.2, -0.15) is 5.26 Å². The van der Waals surface area contributed by atoms with Crippen molar-refractivity contribution in [3.63, 3.8) is 0 Å². The molecule has 6 nitrogen and oxygen atoms in total. The highest BCUT2D eigenvalue weighted by Gasteiger charge is 2.69. The van der Waals surface area contributed by atoms with Gasteiger partial charge < -0.3 is 15.0 Å². The number of thiocarbonyl (C=S) groups is 1. The topological polar surface area (TPSA) is 82.4 Å². The zero-order valence-corrected chi connectivity index (χ0v) is 15.1. The summed E-state index contributed by atoms with van der Waals surface area (Å²) in [6, 6.07) is 9.83. The predicted octanol–water partition coefficient (Wildman–Crippen LogP) is 1.15. The van der Waals surface area contributed by atoms with Crippen molar-refractivity contribution in [2.45, 2.75) is 12.8 Å². The van der Waals surface area contributed by atoms with E-state index in [9.17, 15) is 14.9 Å². The molecule has 0 spiro atoms. The van der Waals surface area contributed by atoms with E-state index in [0.29, 0.717) is 6.54 Å². The zero-order valence-electron chi connectivity index (χ0n) is 14.3. The highest BCUT2D eigenvalue weighted by Crippen LogP contribution is 2.55. The summed E-state index contributed by atoms with van der Waals surface area (Å²) in [6.07, 6.45) is 0. The molecule has 1 aromatic carbocycles. The molecule has 2 fully saturated rings. The maximum atomic E-state index is 13.0. The summed E-state index contributed by atoms with van der Waals surface area (Å²) >= 11 is 5.40. The van der Waals surface area contributed by atoms with Crippen LogP contribution in [-0.4, -0.2) is 49.0 Å². The van der Waals surface area contributed by atoms with Gasteiger partial charge in [0.2, 0.25) is 5.91 Å². The van der Waals surface area contributed by atoms with Gasteiger partial charge in [0.15, 0.2) is 5.41 Å². The van der Waals surface area contributed by atoms with Gasteiger partial charge in [-0.25, -0.2) is 0 Å². The summed E-state index contributed by atoms with van der Waals surface area (Å²) in [6.45, 7) is 2.45. The molecule has 7 heteroatoms. The van der Waals surface area contributed by atoms with Crippen LogP contribution in [0, 0.1) is 29.1 Å². The molecule has 2 heterocycles. The number of carbonyl (C=O) groups is 2. The molecule has 2 saturated heterocycles. The van der Waals surface area contributed by atoms with Crippen LogP contribution in [0.2, 0.25) is 0 Å². The number of hydrogen-bond acceptors (Lipinski definition) is 6. The van der Waals surface area contributed by atoms with Crippen LogP contribution in [0.15, 0.2) is 24.3 Å². The number of piperidine rings is 2. The van der Waals surface area contributed by atoms with E-state index in [4.69, 9.17) is 17.0 Å². The van der Waals surface area contributed by atoms with Crippen molar-refractivity contribution in [1.82, 2.24) is 10.2 Å². The molecule has 2 aliphatic rings. The fraction of sp³-hybridized carbons (Fsp3) is 0.444. The van der Waals surface area contributed by atoms with Gasteiger partial charge >= 0.3 is 5.97 Å². The summed E-state index contributed by atoms with van der Waals surface area (Å²) in [4.78, 5) is 27.7. The van der Waals surface area contributed by atoms with Crippen molar-refractivity contribution in [2.24, 2.45) is 10.8 Å². The lowest BCUT2D eigenvalue weighted by Crippen LogP contribution is -2.73. The Morgan fingerprint density at radius 3 is 2.60 bits per heavy atom. The summed E-state index contributed by atoms with van der Waals surface area (Å²) in [7, 11) is 3.03. The Morgan fingerprint density at radius 1 is 1.40 bits per heavy atom. The van der Waals surface area contributed by atoms with Gasteiger partial charge in [0.1, 0.15) is 10.4 Å². The Balaban J connectivity index is 2.32. The number of methoxy groups -OCH3 is 1. The number of carbonyl (C=O) groups excluding carboxylic acids is 2.